The van der Waals surface area contributed by atoms with E-state index in [1.165, 1.54) is 0 Å². The lowest BCUT2D eigenvalue weighted by atomic mass is 10.1. The molecular weight excluding hydrogens is 328 g/mol. The van der Waals surface area contributed by atoms with E-state index < -0.39 is 0 Å². The van der Waals surface area contributed by atoms with Gasteiger partial charge in [-0.25, -0.2) is 0 Å². The summed E-state index contributed by atoms with van der Waals surface area (Å²) in [6.07, 6.45) is 1.66. The van der Waals surface area contributed by atoms with Crippen LogP contribution in [0.25, 0.3) is 11.3 Å². The first-order chi connectivity index (χ1) is 10.3. The molecule has 1 heterocycles. The van der Waals surface area contributed by atoms with Crippen LogP contribution in [0.5, 0.6) is 5.75 Å². The Labute approximate surface area is 131 Å². The number of hydrogen-bond acceptors (Lipinski definition) is 3. The van der Waals surface area contributed by atoms with Crippen molar-refractivity contribution in [2.75, 3.05) is 0 Å². The predicted octanol–water partition coefficient (Wildman–Crippen LogP) is 4.49. The highest BCUT2D eigenvalue weighted by Crippen LogP contribution is 2.30. The zero-order chi connectivity index (χ0) is 14.5. The summed E-state index contributed by atoms with van der Waals surface area (Å²) in [5, 5.41) is 8.05. The number of hydrogen-bond donors (Lipinski definition) is 0. The van der Waals surface area contributed by atoms with Gasteiger partial charge in [-0.05, 0) is 35.9 Å². The van der Waals surface area contributed by atoms with Gasteiger partial charge in [0.2, 0.25) is 0 Å². The maximum atomic E-state index is 5.84. The minimum Gasteiger partial charge on any atom is -0.489 e. The third-order valence-electron chi connectivity index (χ3n) is 3.03. The summed E-state index contributed by atoms with van der Waals surface area (Å²) in [7, 11) is 0. The van der Waals surface area contributed by atoms with E-state index in [4.69, 9.17) is 4.74 Å². The van der Waals surface area contributed by atoms with E-state index in [0.29, 0.717) is 6.61 Å². The van der Waals surface area contributed by atoms with Gasteiger partial charge in [-0.3, -0.25) is 0 Å². The quantitative estimate of drug-likeness (QED) is 0.702. The molecule has 0 radical (unpaired) electrons. The van der Waals surface area contributed by atoms with Gasteiger partial charge in [-0.15, -0.1) is 0 Å². The van der Waals surface area contributed by atoms with Crippen LogP contribution in [0.3, 0.4) is 0 Å². The molecule has 0 atom stereocenters. The molecule has 1 aromatic heterocycles. The largest absolute Gasteiger partial charge is 0.489 e. The van der Waals surface area contributed by atoms with E-state index in [1.807, 2.05) is 60.7 Å². The van der Waals surface area contributed by atoms with Crippen LogP contribution in [0.2, 0.25) is 0 Å². The molecule has 0 saturated heterocycles. The molecular formula is C17H13BrN2O. The lowest BCUT2D eigenvalue weighted by Crippen LogP contribution is -1.96. The van der Waals surface area contributed by atoms with Crippen molar-refractivity contribution in [1.29, 1.82) is 0 Å². The second-order valence-electron chi connectivity index (χ2n) is 4.52. The van der Waals surface area contributed by atoms with Crippen LogP contribution in [0.1, 0.15) is 5.56 Å². The number of ether oxygens (including phenoxy) is 1. The first-order valence-corrected chi connectivity index (χ1v) is 7.36. The Morgan fingerprint density at radius 2 is 1.81 bits per heavy atom. The molecule has 4 heteroatoms. The van der Waals surface area contributed by atoms with Crippen LogP contribution in [0.4, 0.5) is 0 Å². The second kappa shape index (κ2) is 6.50. The number of halogens is 1. The Balaban J connectivity index is 1.81. The topological polar surface area (TPSA) is 35.0 Å². The van der Waals surface area contributed by atoms with Gasteiger partial charge in [0.1, 0.15) is 12.4 Å². The molecule has 0 unspecified atom stereocenters. The van der Waals surface area contributed by atoms with E-state index in [1.54, 1.807) is 6.20 Å². The summed E-state index contributed by atoms with van der Waals surface area (Å²) in [5.74, 6) is 0.808. The van der Waals surface area contributed by atoms with Crippen molar-refractivity contribution in [3.63, 3.8) is 0 Å². The second-order valence-corrected chi connectivity index (χ2v) is 5.38. The zero-order valence-corrected chi connectivity index (χ0v) is 12.8. The molecule has 0 amide bonds. The van der Waals surface area contributed by atoms with E-state index >= 15 is 0 Å². The van der Waals surface area contributed by atoms with Gasteiger partial charge in [-0.1, -0.05) is 46.3 Å². The van der Waals surface area contributed by atoms with Crippen LogP contribution in [0, 0.1) is 0 Å². The van der Waals surface area contributed by atoms with E-state index in [-0.39, 0.29) is 0 Å². The highest BCUT2D eigenvalue weighted by Gasteiger charge is 2.07. The maximum Gasteiger partial charge on any atom is 0.120 e. The van der Waals surface area contributed by atoms with Gasteiger partial charge in [0.05, 0.1) is 5.69 Å². The molecule has 21 heavy (non-hydrogen) atoms. The summed E-state index contributed by atoms with van der Waals surface area (Å²) >= 11 is 3.54. The molecule has 2 aromatic carbocycles. The number of aromatic nitrogens is 2. The fourth-order valence-corrected chi connectivity index (χ4v) is 2.43. The molecule has 3 nitrogen and oxygen atoms in total. The molecule has 0 aliphatic carbocycles. The smallest absolute Gasteiger partial charge is 0.120 e. The van der Waals surface area contributed by atoms with Gasteiger partial charge in [0, 0.05) is 16.2 Å². The Hall–Kier alpha value is -2.20. The van der Waals surface area contributed by atoms with Gasteiger partial charge >= 0.3 is 0 Å². The fraction of sp³-hybridized carbons (Fsp3) is 0.0588. The van der Waals surface area contributed by atoms with Crippen LogP contribution in [0.15, 0.2) is 71.3 Å². The molecule has 3 rings (SSSR count). The van der Waals surface area contributed by atoms with Crippen LogP contribution < -0.4 is 4.74 Å². The van der Waals surface area contributed by atoms with Crippen molar-refractivity contribution in [3.8, 4) is 17.0 Å². The van der Waals surface area contributed by atoms with Gasteiger partial charge in [0.25, 0.3) is 0 Å². The Bertz CT molecular complexity index is 717. The van der Waals surface area contributed by atoms with Crippen molar-refractivity contribution in [3.05, 3.63) is 76.9 Å². The monoisotopic (exact) mass is 340 g/mol. The van der Waals surface area contributed by atoms with Crippen molar-refractivity contribution in [1.82, 2.24) is 10.2 Å². The minimum absolute atomic E-state index is 0.544. The van der Waals surface area contributed by atoms with Crippen molar-refractivity contribution in [2.24, 2.45) is 0 Å². The van der Waals surface area contributed by atoms with Gasteiger partial charge in [-0.2, -0.15) is 10.2 Å². The first kappa shape index (κ1) is 13.8. The molecule has 0 bridgehead atoms. The lowest BCUT2D eigenvalue weighted by Gasteiger charge is -2.09. The average molecular weight is 341 g/mol. The standard InChI is InChI=1S/C17H13BrN2O/c18-16-9-8-14(21-12-13-5-2-1-3-6-13)11-15(16)17-7-4-10-19-20-17/h1-11H,12H2. The SMILES string of the molecule is Brc1ccc(OCc2ccccc2)cc1-c1cccnn1. The summed E-state index contributed by atoms with van der Waals surface area (Å²) in [4.78, 5) is 0. The maximum absolute atomic E-state index is 5.84. The normalized spacial score (nSPS) is 10.3. The van der Waals surface area contributed by atoms with Gasteiger partial charge < -0.3 is 4.74 Å². The van der Waals surface area contributed by atoms with Crippen molar-refractivity contribution >= 4 is 15.9 Å². The van der Waals surface area contributed by atoms with Gasteiger partial charge in [0.15, 0.2) is 0 Å². The van der Waals surface area contributed by atoms with Crippen LogP contribution in [-0.2, 0) is 6.61 Å². The molecule has 0 fully saturated rings. The zero-order valence-electron chi connectivity index (χ0n) is 11.2. The Morgan fingerprint density at radius 1 is 0.952 bits per heavy atom. The van der Waals surface area contributed by atoms with E-state index in [0.717, 1.165) is 27.0 Å². The third kappa shape index (κ3) is 3.47. The van der Waals surface area contributed by atoms with Crippen molar-refractivity contribution < 1.29 is 4.74 Å². The highest BCUT2D eigenvalue weighted by molar-refractivity contribution is 9.10. The molecule has 0 spiro atoms. The number of rotatable bonds is 4. The summed E-state index contributed by atoms with van der Waals surface area (Å²) in [5.41, 5.74) is 2.92. The Kier molecular flexibility index (Phi) is 4.26. The lowest BCUT2D eigenvalue weighted by molar-refractivity contribution is 0.306. The summed E-state index contributed by atoms with van der Waals surface area (Å²) < 4.78 is 6.81. The average Bonchev–Trinajstić information content (AvgIpc) is 2.56. The highest BCUT2D eigenvalue weighted by atomic mass is 79.9. The Morgan fingerprint density at radius 3 is 2.57 bits per heavy atom. The predicted molar refractivity (Wildman–Crippen MR) is 85.9 cm³/mol. The van der Waals surface area contributed by atoms with E-state index in [9.17, 15) is 0 Å². The molecule has 0 saturated carbocycles. The molecule has 0 aliphatic rings. The molecule has 3 aromatic rings. The van der Waals surface area contributed by atoms with E-state index in [2.05, 4.69) is 26.1 Å². The van der Waals surface area contributed by atoms with Crippen molar-refractivity contribution in [2.45, 2.75) is 6.61 Å². The third-order valence-corrected chi connectivity index (χ3v) is 3.73. The van der Waals surface area contributed by atoms with Crippen LogP contribution >= 0.6 is 15.9 Å². The molecule has 0 aliphatic heterocycles. The number of benzene rings is 2. The number of nitrogens with zero attached hydrogens (tertiary/aromatic N) is 2. The molecule has 0 N–H and O–H groups in total. The molecule has 104 valence electrons. The summed E-state index contributed by atoms with van der Waals surface area (Å²) in [6.45, 7) is 0.544. The van der Waals surface area contributed by atoms with Crippen LogP contribution in [-0.4, -0.2) is 10.2 Å². The summed E-state index contributed by atoms with van der Waals surface area (Å²) in [6, 6.07) is 19.8. The first-order valence-electron chi connectivity index (χ1n) is 6.57. The fourth-order valence-electron chi connectivity index (χ4n) is 1.98. The minimum atomic E-state index is 0.544.